The average molecular weight is 882 g/mol. The molecule has 3 fully saturated rings. The van der Waals surface area contributed by atoms with Crippen molar-refractivity contribution in [1.29, 1.82) is 0 Å². The van der Waals surface area contributed by atoms with Crippen molar-refractivity contribution in [2.24, 2.45) is 22.7 Å². The molecule has 0 aromatic heterocycles. The van der Waals surface area contributed by atoms with Crippen molar-refractivity contribution < 1.29 is 67.4 Å². The normalized spacial score (nSPS) is 30.0. The largest absolute Gasteiger partial charge is 0.458 e. The summed E-state index contributed by atoms with van der Waals surface area (Å²) in [4.78, 5) is 82.6. The first kappa shape index (κ1) is 46.1. The van der Waals surface area contributed by atoms with Crippen LogP contribution in [-0.2, 0) is 54.2 Å². The smallest absolute Gasteiger partial charge is 0.407 e. The van der Waals surface area contributed by atoms with E-state index in [2.05, 4.69) is 5.32 Å². The summed E-state index contributed by atoms with van der Waals surface area (Å²) in [5.74, 6) is -7.03. The highest BCUT2D eigenvalue weighted by Gasteiger charge is 2.75. The van der Waals surface area contributed by atoms with E-state index in [1.54, 1.807) is 113 Å². The minimum Gasteiger partial charge on any atom is -0.458 e. The number of rotatable bonds is 12. The van der Waals surface area contributed by atoms with Gasteiger partial charge in [0.05, 0.1) is 29.6 Å². The average Bonchev–Trinajstić information content (AvgIpc) is 3.27. The predicted octanol–water partition coefficient (Wildman–Crippen LogP) is 5.16. The SMILES string of the molecule is CC(=O)O[C@@]12CO[C@@H]1C[C@H](O)[C@@]1(C)C(=O)[C@H](O)C3=C(C)[C@@H](OC(=O)[C@H](OC(=O)CNC(=O)OCc4ccccc4)[C@@H](C)c4ccccc4)C[C@H]([C@@H](OC(=O)c4ccccc4)[C@H]21)C3(C)C. The highest BCUT2D eigenvalue weighted by Crippen LogP contribution is 2.63. The van der Waals surface area contributed by atoms with Gasteiger partial charge in [-0.25, -0.2) is 14.4 Å². The van der Waals surface area contributed by atoms with E-state index in [4.69, 9.17) is 28.4 Å². The van der Waals surface area contributed by atoms with Crippen molar-refractivity contribution in [2.75, 3.05) is 13.2 Å². The molecule has 15 nitrogen and oxygen atoms in total. The summed E-state index contributed by atoms with van der Waals surface area (Å²) in [7, 11) is 0. The van der Waals surface area contributed by atoms with Crippen molar-refractivity contribution in [3.05, 3.63) is 119 Å². The second-order valence-corrected chi connectivity index (χ2v) is 18.0. The number of aliphatic hydroxyl groups excluding tert-OH is 2. The second-order valence-electron chi connectivity index (χ2n) is 18.0. The molecule has 0 radical (unpaired) electrons. The Kier molecular flexibility index (Phi) is 13.2. The Balaban J connectivity index is 1.24. The quantitative estimate of drug-likeness (QED) is 0.122. The molecule has 2 bridgehead atoms. The van der Waals surface area contributed by atoms with E-state index in [0.717, 1.165) is 5.56 Å². The fourth-order valence-electron chi connectivity index (χ4n) is 10.4. The molecule has 1 saturated heterocycles. The number of nitrogens with one attached hydrogen (secondary N) is 1. The molecule has 4 aliphatic rings. The Morgan fingerprint density at radius 3 is 2.11 bits per heavy atom. The van der Waals surface area contributed by atoms with Crippen LogP contribution in [0.25, 0.3) is 0 Å². The standard InChI is InChI=1S/C49H55NO14/c1-27(31-18-12-8-13-19-31)40(62-37(53)24-50-46(58)59-25-30-16-10-7-11-17-30)45(57)61-34-22-33-41(63-44(56)32-20-14-9-15-21-32)42-48(6,43(55)39(54)38(28(34)2)47(33,4)5)35(52)23-36-49(42,26-60-36)64-29(3)51/h7-21,27,33-36,39-42,52,54H,22-26H2,1-6H3,(H,50,58)/t27-,33+,34-,35-,36+,39+,40+,41+,42-,48+,49-/m0/s1. The molecule has 15 heteroatoms. The molecule has 1 aliphatic heterocycles. The maximum atomic E-state index is 15.1. The van der Waals surface area contributed by atoms with Crippen LogP contribution in [0.4, 0.5) is 4.79 Å². The Morgan fingerprint density at radius 2 is 1.50 bits per heavy atom. The van der Waals surface area contributed by atoms with Gasteiger partial charge in [-0.3, -0.25) is 14.4 Å². The van der Waals surface area contributed by atoms with Crippen LogP contribution < -0.4 is 5.32 Å². The zero-order valence-electron chi connectivity index (χ0n) is 36.7. The van der Waals surface area contributed by atoms with E-state index < -0.39 is 113 Å². The maximum absolute atomic E-state index is 15.1. The van der Waals surface area contributed by atoms with Crippen LogP contribution in [-0.4, -0.2) is 101 Å². The number of benzene rings is 3. The van der Waals surface area contributed by atoms with E-state index in [1.165, 1.54) is 13.8 Å². The lowest BCUT2D eigenvalue weighted by Crippen LogP contribution is -2.79. The summed E-state index contributed by atoms with van der Waals surface area (Å²) in [6.07, 6.45) is -9.19. The molecule has 3 aliphatic carbocycles. The van der Waals surface area contributed by atoms with E-state index in [0.29, 0.717) is 11.1 Å². The first-order valence-electron chi connectivity index (χ1n) is 21.5. The summed E-state index contributed by atoms with van der Waals surface area (Å²) >= 11 is 0. The van der Waals surface area contributed by atoms with E-state index in [-0.39, 0.29) is 37.2 Å². The molecular weight excluding hydrogens is 827 g/mol. The van der Waals surface area contributed by atoms with Crippen molar-refractivity contribution >= 4 is 35.8 Å². The summed E-state index contributed by atoms with van der Waals surface area (Å²) in [5, 5.41) is 26.6. The first-order valence-corrected chi connectivity index (χ1v) is 21.5. The topological polar surface area (TPSA) is 210 Å². The van der Waals surface area contributed by atoms with Gasteiger partial charge in [0.15, 0.2) is 11.4 Å². The molecule has 11 atom stereocenters. The van der Waals surface area contributed by atoms with Gasteiger partial charge in [0, 0.05) is 25.2 Å². The summed E-state index contributed by atoms with van der Waals surface area (Å²) < 4.78 is 35.8. The molecule has 7 rings (SSSR count). The molecule has 340 valence electrons. The van der Waals surface area contributed by atoms with Crippen LogP contribution in [0.15, 0.2) is 102 Å². The van der Waals surface area contributed by atoms with E-state index >= 15 is 4.79 Å². The number of esters is 4. The third kappa shape index (κ3) is 8.55. The van der Waals surface area contributed by atoms with Crippen molar-refractivity contribution in [3.63, 3.8) is 0 Å². The summed E-state index contributed by atoms with van der Waals surface area (Å²) in [6, 6.07) is 26.0. The summed E-state index contributed by atoms with van der Waals surface area (Å²) in [5.41, 5.74) is -2.43. The molecule has 64 heavy (non-hydrogen) atoms. The molecule has 0 unspecified atom stereocenters. The molecule has 3 N–H and O–H groups in total. The zero-order valence-corrected chi connectivity index (χ0v) is 36.7. The molecule has 1 heterocycles. The van der Waals surface area contributed by atoms with Crippen molar-refractivity contribution in [3.8, 4) is 0 Å². The number of aliphatic hydroxyl groups is 2. The number of alkyl carbamates (subject to hydrolysis) is 1. The van der Waals surface area contributed by atoms with Gasteiger partial charge in [-0.1, -0.05) is 99.6 Å². The lowest BCUT2D eigenvalue weighted by atomic mass is 9.46. The molecule has 3 aromatic rings. The van der Waals surface area contributed by atoms with Gasteiger partial charge in [-0.05, 0) is 60.1 Å². The number of ether oxygens (including phenoxy) is 6. The second kappa shape index (κ2) is 18.3. The lowest BCUT2D eigenvalue weighted by molar-refractivity contribution is -0.335. The Morgan fingerprint density at radius 1 is 0.875 bits per heavy atom. The summed E-state index contributed by atoms with van der Waals surface area (Å²) in [6.45, 7) is 8.77. The molecule has 0 spiro atoms. The fraction of sp³-hybridized carbons (Fsp3) is 0.469. The van der Waals surface area contributed by atoms with Gasteiger partial charge < -0.3 is 44.0 Å². The van der Waals surface area contributed by atoms with Crippen LogP contribution in [0.5, 0.6) is 0 Å². The molecular formula is C49H55NO14. The first-order chi connectivity index (χ1) is 30.4. The van der Waals surface area contributed by atoms with E-state index in [9.17, 15) is 34.2 Å². The fourth-order valence-corrected chi connectivity index (χ4v) is 10.4. The minimum absolute atomic E-state index is 0.0397. The van der Waals surface area contributed by atoms with Gasteiger partial charge in [-0.2, -0.15) is 0 Å². The van der Waals surface area contributed by atoms with Gasteiger partial charge in [-0.15, -0.1) is 0 Å². The minimum atomic E-state index is -1.84. The monoisotopic (exact) mass is 881 g/mol. The predicted molar refractivity (Wildman–Crippen MR) is 227 cm³/mol. The van der Waals surface area contributed by atoms with Gasteiger partial charge in [0.1, 0.15) is 37.6 Å². The van der Waals surface area contributed by atoms with Gasteiger partial charge >= 0.3 is 30.0 Å². The van der Waals surface area contributed by atoms with Gasteiger partial charge in [0.2, 0.25) is 6.10 Å². The Hall–Kier alpha value is -5.90. The third-order valence-corrected chi connectivity index (χ3v) is 13.8. The van der Waals surface area contributed by atoms with Crippen LogP contribution in [0, 0.1) is 22.7 Å². The Labute approximate surface area is 371 Å². The van der Waals surface area contributed by atoms with Crippen LogP contribution in [0.2, 0.25) is 0 Å². The number of hydrogen-bond acceptors (Lipinski definition) is 14. The van der Waals surface area contributed by atoms with Crippen LogP contribution in [0.1, 0.15) is 81.8 Å². The lowest BCUT2D eigenvalue weighted by Gasteiger charge is -2.65. The van der Waals surface area contributed by atoms with Crippen LogP contribution >= 0.6 is 0 Å². The van der Waals surface area contributed by atoms with Crippen molar-refractivity contribution in [2.45, 2.75) is 109 Å². The number of fused-ring (bicyclic) bond motifs is 5. The third-order valence-electron chi connectivity index (χ3n) is 13.8. The highest BCUT2D eigenvalue weighted by atomic mass is 16.6. The number of amides is 1. The maximum Gasteiger partial charge on any atom is 0.407 e. The number of ketones is 1. The Bertz CT molecular complexity index is 2280. The van der Waals surface area contributed by atoms with Gasteiger partial charge in [0.25, 0.3) is 0 Å². The zero-order chi connectivity index (χ0) is 46.1. The van der Waals surface area contributed by atoms with Crippen molar-refractivity contribution in [1.82, 2.24) is 5.32 Å². The molecule has 2 saturated carbocycles. The highest BCUT2D eigenvalue weighted by molar-refractivity contribution is 5.94. The number of carbonyl (C=O) groups is 6. The number of Topliss-reactive ketones (excluding diaryl/α,β-unsaturated/α-hetero) is 1. The molecule has 1 amide bonds. The van der Waals surface area contributed by atoms with Crippen LogP contribution in [0.3, 0.4) is 0 Å². The number of carbonyl (C=O) groups excluding carboxylic acids is 6. The van der Waals surface area contributed by atoms with E-state index in [1.807, 2.05) is 6.07 Å². The molecule has 3 aromatic carbocycles. The number of hydrogen-bond donors (Lipinski definition) is 3.